The van der Waals surface area contributed by atoms with Gasteiger partial charge in [0, 0.05) is 17.8 Å². The molecule has 3 N–H and O–H groups in total. The summed E-state index contributed by atoms with van der Waals surface area (Å²) in [5.74, 6) is -2.71. The van der Waals surface area contributed by atoms with Crippen molar-refractivity contribution in [2.45, 2.75) is 6.42 Å². The quantitative estimate of drug-likeness (QED) is 0.672. The van der Waals surface area contributed by atoms with Gasteiger partial charge in [0.15, 0.2) is 0 Å². The van der Waals surface area contributed by atoms with Gasteiger partial charge in [-0.2, -0.15) is 0 Å². The van der Waals surface area contributed by atoms with Crippen LogP contribution < -0.4 is 5.32 Å². The molecule has 0 aromatic heterocycles. The molecule has 0 unspecified atom stereocenters. The molecule has 0 aliphatic carbocycles. The van der Waals surface area contributed by atoms with E-state index in [1.807, 2.05) is 0 Å². The second-order valence-electron chi connectivity index (χ2n) is 3.43. The van der Waals surface area contributed by atoms with Crippen molar-refractivity contribution in [1.29, 1.82) is 0 Å². The lowest BCUT2D eigenvalue weighted by Gasteiger charge is -2.03. The Morgan fingerprint density at radius 2 is 1.67 bits per heavy atom. The average molecular weight is 249 g/mol. The van der Waals surface area contributed by atoms with Crippen LogP contribution in [0.4, 0.5) is 5.69 Å². The van der Waals surface area contributed by atoms with Crippen molar-refractivity contribution < 1.29 is 24.6 Å². The van der Waals surface area contributed by atoms with E-state index >= 15 is 0 Å². The van der Waals surface area contributed by atoms with Gasteiger partial charge in [0.2, 0.25) is 5.91 Å². The van der Waals surface area contributed by atoms with Crippen LogP contribution in [0.3, 0.4) is 0 Å². The molecule has 18 heavy (non-hydrogen) atoms. The maximum Gasteiger partial charge on any atom is 0.328 e. The molecule has 1 aromatic rings. The van der Waals surface area contributed by atoms with E-state index in [-0.39, 0.29) is 6.42 Å². The van der Waals surface area contributed by atoms with Crippen LogP contribution in [0.5, 0.6) is 0 Å². The van der Waals surface area contributed by atoms with Gasteiger partial charge in [-0.05, 0) is 17.7 Å². The molecule has 1 amide bonds. The third-order valence-corrected chi connectivity index (χ3v) is 1.95. The van der Waals surface area contributed by atoms with E-state index in [9.17, 15) is 14.4 Å². The fourth-order valence-electron chi connectivity index (χ4n) is 1.21. The van der Waals surface area contributed by atoms with Gasteiger partial charge in [-0.3, -0.25) is 9.59 Å². The standard InChI is InChI=1S/C12H11NO5/c14-10(5-6-11(15)16)13-9-3-1-8(2-4-9)7-12(17)18/h1-6H,7H2,(H,13,14)(H,15,16)(H,17,18)/b6-5-. The first-order chi connectivity index (χ1) is 8.47. The van der Waals surface area contributed by atoms with Gasteiger partial charge >= 0.3 is 11.9 Å². The number of carboxylic acids is 2. The van der Waals surface area contributed by atoms with Gasteiger partial charge in [-0.1, -0.05) is 12.1 Å². The zero-order chi connectivity index (χ0) is 13.5. The number of amides is 1. The van der Waals surface area contributed by atoms with Crippen LogP contribution in [0.1, 0.15) is 5.56 Å². The van der Waals surface area contributed by atoms with E-state index in [2.05, 4.69) is 5.32 Å². The van der Waals surface area contributed by atoms with Crippen LogP contribution in [-0.2, 0) is 20.8 Å². The smallest absolute Gasteiger partial charge is 0.328 e. The molecule has 0 heterocycles. The van der Waals surface area contributed by atoms with Gasteiger partial charge in [0.1, 0.15) is 0 Å². The molecule has 1 aromatic carbocycles. The Morgan fingerprint density at radius 3 is 2.17 bits per heavy atom. The maximum absolute atomic E-state index is 11.2. The highest BCUT2D eigenvalue weighted by Crippen LogP contribution is 2.10. The van der Waals surface area contributed by atoms with Crippen LogP contribution in [0, 0.1) is 0 Å². The molecule has 1 rings (SSSR count). The first-order valence-corrected chi connectivity index (χ1v) is 5.00. The van der Waals surface area contributed by atoms with Crippen LogP contribution in [0.15, 0.2) is 36.4 Å². The number of carboxylic acid groups (broad SMARTS) is 2. The molecule has 0 aliphatic rings. The Morgan fingerprint density at radius 1 is 1.06 bits per heavy atom. The van der Waals surface area contributed by atoms with Gasteiger partial charge < -0.3 is 15.5 Å². The Labute approximate surface area is 103 Å². The second kappa shape index (κ2) is 6.19. The van der Waals surface area contributed by atoms with Crippen molar-refractivity contribution >= 4 is 23.5 Å². The summed E-state index contributed by atoms with van der Waals surface area (Å²) in [6.45, 7) is 0. The lowest BCUT2D eigenvalue weighted by Crippen LogP contribution is -2.08. The molecule has 0 saturated carbocycles. The summed E-state index contributed by atoms with van der Waals surface area (Å²) in [5, 5.41) is 19.3. The third-order valence-electron chi connectivity index (χ3n) is 1.95. The predicted molar refractivity (Wildman–Crippen MR) is 63.2 cm³/mol. The zero-order valence-electron chi connectivity index (χ0n) is 9.29. The minimum atomic E-state index is -1.21. The molecular formula is C12H11NO5. The fraction of sp³-hybridized carbons (Fsp3) is 0.0833. The van der Waals surface area contributed by atoms with Gasteiger partial charge in [-0.25, -0.2) is 4.79 Å². The molecule has 0 saturated heterocycles. The van der Waals surface area contributed by atoms with Gasteiger partial charge in [0.25, 0.3) is 0 Å². The third kappa shape index (κ3) is 4.93. The molecule has 0 bridgehead atoms. The van der Waals surface area contributed by atoms with Crippen molar-refractivity contribution in [1.82, 2.24) is 0 Å². The highest BCUT2D eigenvalue weighted by atomic mass is 16.4. The summed E-state index contributed by atoms with van der Waals surface area (Å²) >= 11 is 0. The number of nitrogens with one attached hydrogen (secondary N) is 1. The molecule has 6 nitrogen and oxygen atoms in total. The second-order valence-corrected chi connectivity index (χ2v) is 3.43. The summed E-state index contributed by atoms with van der Waals surface area (Å²) in [5.41, 5.74) is 1.07. The number of hydrogen-bond acceptors (Lipinski definition) is 3. The summed E-state index contributed by atoms with van der Waals surface area (Å²) in [6, 6.07) is 6.24. The average Bonchev–Trinajstić information content (AvgIpc) is 2.28. The van der Waals surface area contributed by atoms with Crippen molar-refractivity contribution in [3.05, 3.63) is 42.0 Å². The highest BCUT2D eigenvalue weighted by molar-refractivity contribution is 6.02. The lowest BCUT2D eigenvalue weighted by atomic mass is 10.1. The molecule has 6 heteroatoms. The van der Waals surface area contributed by atoms with Crippen LogP contribution in [0.2, 0.25) is 0 Å². The normalized spacial score (nSPS) is 10.2. The Bertz CT molecular complexity index is 490. The Balaban J connectivity index is 2.61. The first kappa shape index (κ1) is 13.4. The molecular weight excluding hydrogens is 238 g/mol. The van der Waals surface area contributed by atoms with Crippen molar-refractivity contribution in [2.24, 2.45) is 0 Å². The van der Waals surface area contributed by atoms with Crippen molar-refractivity contribution in [2.75, 3.05) is 5.32 Å². The van der Waals surface area contributed by atoms with Crippen LogP contribution in [0.25, 0.3) is 0 Å². The van der Waals surface area contributed by atoms with Crippen LogP contribution >= 0.6 is 0 Å². The van der Waals surface area contributed by atoms with Crippen molar-refractivity contribution in [3.63, 3.8) is 0 Å². The number of rotatable bonds is 5. The molecule has 0 atom stereocenters. The van der Waals surface area contributed by atoms with E-state index < -0.39 is 17.8 Å². The summed E-state index contributed by atoms with van der Waals surface area (Å²) in [4.78, 5) is 31.9. The summed E-state index contributed by atoms with van der Waals surface area (Å²) in [7, 11) is 0. The number of anilines is 1. The fourth-order valence-corrected chi connectivity index (χ4v) is 1.21. The molecule has 0 radical (unpaired) electrons. The topological polar surface area (TPSA) is 104 Å². The molecule has 0 fully saturated rings. The predicted octanol–water partition coefficient (Wildman–Crippen LogP) is 0.893. The Kier molecular flexibility index (Phi) is 4.62. The monoisotopic (exact) mass is 249 g/mol. The highest BCUT2D eigenvalue weighted by Gasteiger charge is 2.02. The molecule has 0 aliphatic heterocycles. The molecule has 94 valence electrons. The van der Waals surface area contributed by atoms with Gasteiger partial charge in [0.05, 0.1) is 6.42 Å². The van der Waals surface area contributed by atoms with E-state index in [1.165, 1.54) is 0 Å². The SMILES string of the molecule is O=C(O)/C=C\C(=O)Nc1ccc(CC(=O)O)cc1. The maximum atomic E-state index is 11.2. The largest absolute Gasteiger partial charge is 0.481 e. The Hall–Kier alpha value is -2.63. The van der Waals surface area contributed by atoms with E-state index in [0.717, 1.165) is 12.2 Å². The summed E-state index contributed by atoms with van der Waals surface area (Å²) < 4.78 is 0. The summed E-state index contributed by atoms with van der Waals surface area (Å²) in [6.07, 6.45) is 1.54. The van der Waals surface area contributed by atoms with Crippen LogP contribution in [-0.4, -0.2) is 28.1 Å². The first-order valence-electron chi connectivity index (χ1n) is 5.00. The van der Waals surface area contributed by atoms with Crippen molar-refractivity contribution in [3.8, 4) is 0 Å². The zero-order valence-corrected chi connectivity index (χ0v) is 9.29. The lowest BCUT2D eigenvalue weighted by molar-refractivity contribution is -0.136. The number of carbonyl (C=O) groups is 3. The van der Waals surface area contributed by atoms with Gasteiger partial charge in [-0.15, -0.1) is 0 Å². The van der Waals surface area contributed by atoms with E-state index in [1.54, 1.807) is 24.3 Å². The van der Waals surface area contributed by atoms with E-state index in [0.29, 0.717) is 11.3 Å². The number of benzene rings is 1. The minimum Gasteiger partial charge on any atom is -0.481 e. The number of carbonyl (C=O) groups excluding carboxylic acids is 1. The number of hydrogen-bond donors (Lipinski definition) is 3. The minimum absolute atomic E-state index is 0.0901. The van der Waals surface area contributed by atoms with E-state index in [4.69, 9.17) is 10.2 Å². The molecule has 0 spiro atoms. The number of aliphatic carboxylic acids is 2.